The van der Waals surface area contributed by atoms with Crippen LogP contribution >= 0.6 is 0 Å². The van der Waals surface area contributed by atoms with Crippen molar-refractivity contribution in [2.75, 3.05) is 6.54 Å². The van der Waals surface area contributed by atoms with Crippen molar-refractivity contribution in [1.29, 1.82) is 0 Å². The Morgan fingerprint density at radius 3 is 1.63 bits per heavy atom. The Balaban J connectivity index is 1.26. The summed E-state index contributed by atoms with van der Waals surface area (Å²) in [6.45, 7) is 0.997. The van der Waals surface area contributed by atoms with E-state index in [9.17, 15) is 19.2 Å². The molecule has 7 rings (SSSR count). The van der Waals surface area contributed by atoms with E-state index in [1.54, 1.807) is 30.3 Å². The summed E-state index contributed by atoms with van der Waals surface area (Å²) in [6, 6.07) is 24.5. The molecule has 2 amide bonds. The summed E-state index contributed by atoms with van der Waals surface area (Å²) in [5, 5.41) is 0. The SMILES string of the molecule is C[C@@H](OC(=O)CN1C(=O)[C@H]2C3c4ccccc4C(c4ccccc43)[C@@H]2C1=O)C(=O)c1ccccc1. The number of hydrogen-bond acceptors (Lipinski definition) is 5. The molecule has 4 aliphatic rings. The van der Waals surface area contributed by atoms with E-state index in [0.29, 0.717) is 5.56 Å². The van der Waals surface area contributed by atoms with Gasteiger partial charge in [0.15, 0.2) is 6.10 Å². The molecule has 0 saturated carbocycles. The molecule has 1 heterocycles. The third kappa shape index (κ3) is 3.16. The van der Waals surface area contributed by atoms with Gasteiger partial charge >= 0.3 is 5.97 Å². The lowest BCUT2D eigenvalue weighted by atomic mass is 9.55. The highest BCUT2D eigenvalue weighted by atomic mass is 16.5. The number of carbonyl (C=O) groups excluding carboxylic acids is 4. The number of Topliss-reactive ketones (excluding diaryl/α,β-unsaturated/α-hetero) is 1. The summed E-state index contributed by atoms with van der Waals surface area (Å²) >= 11 is 0. The van der Waals surface area contributed by atoms with E-state index in [-0.39, 0.29) is 29.4 Å². The molecule has 0 aromatic heterocycles. The number of ketones is 1. The molecule has 2 bridgehead atoms. The minimum atomic E-state index is -1.02. The van der Waals surface area contributed by atoms with Crippen molar-refractivity contribution in [3.05, 3.63) is 107 Å². The fourth-order valence-corrected chi connectivity index (χ4v) is 6.15. The molecule has 0 unspecified atom stereocenters. The van der Waals surface area contributed by atoms with Gasteiger partial charge in [0.25, 0.3) is 0 Å². The summed E-state index contributed by atoms with van der Waals surface area (Å²) < 4.78 is 5.34. The van der Waals surface area contributed by atoms with Crippen LogP contribution in [0.1, 0.15) is 51.4 Å². The maximum absolute atomic E-state index is 13.6. The Kier molecular flexibility index (Phi) is 4.92. The molecule has 0 N–H and O–H groups in total. The van der Waals surface area contributed by atoms with E-state index in [2.05, 4.69) is 0 Å². The van der Waals surface area contributed by atoms with Crippen molar-refractivity contribution < 1.29 is 23.9 Å². The van der Waals surface area contributed by atoms with Crippen LogP contribution in [0.4, 0.5) is 0 Å². The number of esters is 1. The zero-order valence-electron chi connectivity index (χ0n) is 19.1. The average Bonchev–Trinajstić information content (AvgIpc) is 3.14. The number of hydrogen-bond donors (Lipinski definition) is 0. The van der Waals surface area contributed by atoms with Gasteiger partial charge in [0.2, 0.25) is 17.6 Å². The van der Waals surface area contributed by atoms with Crippen LogP contribution in [-0.4, -0.2) is 41.1 Å². The topological polar surface area (TPSA) is 80.8 Å². The van der Waals surface area contributed by atoms with E-state index in [4.69, 9.17) is 4.74 Å². The lowest BCUT2D eigenvalue weighted by molar-refractivity contribution is -0.154. The monoisotopic (exact) mass is 465 g/mol. The maximum Gasteiger partial charge on any atom is 0.326 e. The third-order valence-corrected chi connectivity index (χ3v) is 7.56. The van der Waals surface area contributed by atoms with Crippen LogP contribution in [0.25, 0.3) is 0 Å². The second-order valence-corrected chi connectivity index (χ2v) is 9.39. The molecule has 3 aliphatic carbocycles. The van der Waals surface area contributed by atoms with Gasteiger partial charge in [-0.3, -0.25) is 24.1 Å². The average molecular weight is 466 g/mol. The van der Waals surface area contributed by atoms with Gasteiger partial charge in [0, 0.05) is 17.4 Å². The third-order valence-electron chi connectivity index (χ3n) is 7.56. The molecule has 35 heavy (non-hydrogen) atoms. The fraction of sp³-hybridized carbons (Fsp3) is 0.241. The quantitative estimate of drug-likeness (QED) is 0.326. The molecule has 0 radical (unpaired) electrons. The number of rotatable bonds is 5. The fourth-order valence-electron chi connectivity index (χ4n) is 6.15. The van der Waals surface area contributed by atoms with Crippen LogP contribution in [0.5, 0.6) is 0 Å². The number of ether oxygens (including phenoxy) is 1. The van der Waals surface area contributed by atoms with E-state index < -0.39 is 30.5 Å². The van der Waals surface area contributed by atoms with Gasteiger partial charge in [-0.1, -0.05) is 78.9 Å². The zero-order chi connectivity index (χ0) is 24.3. The number of amides is 2. The zero-order valence-corrected chi connectivity index (χ0v) is 19.1. The minimum absolute atomic E-state index is 0.228. The van der Waals surface area contributed by atoms with E-state index in [0.717, 1.165) is 27.2 Å². The van der Waals surface area contributed by atoms with Gasteiger partial charge in [-0.25, -0.2) is 0 Å². The lowest BCUT2D eigenvalue weighted by Crippen LogP contribution is -2.41. The first-order chi connectivity index (χ1) is 17.0. The summed E-state index contributed by atoms with van der Waals surface area (Å²) in [5.74, 6) is -3.36. The van der Waals surface area contributed by atoms with Crippen molar-refractivity contribution in [2.45, 2.75) is 24.9 Å². The smallest absolute Gasteiger partial charge is 0.326 e. The van der Waals surface area contributed by atoms with Gasteiger partial charge in [0.05, 0.1) is 11.8 Å². The van der Waals surface area contributed by atoms with Crippen LogP contribution in [0.3, 0.4) is 0 Å². The Bertz CT molecular complexity index is 1270. The highest BCUT2D eigenvalue weighted by Crippen LogP contribution is 2.60. The van der Waals surface area contributed by atoms with Gasteiger partial charge in [0.1, 0.15) is 6.54 Å². The Morgan fingerprint density at radius 2 is 1.17 bits per heavy atom. The van der Waals surface area contributed by atoms with Gasteiger partial charge in [-0.15, -0.1) is 0 Å². The predicted octanol–water partition coefficient (Wildman–Crippen LogP) is 3.69. The molecule has 1 fully saturated rings. The highest BCUT2D eigenvalue weighted by Gasteiger charge is 2.61. The number of carbonyl (C=O) groups is 4. The van der Waals surface area contributed by atoms with Crippen LogP contribution in [0.2, 0.25) is 0 Å². The molecular formula is C29H23NO5. The first-order valence-corrected chi connectivity index (χ1v) is 11.8. The Labute approximate surface area is 202 Å². The molecule has 174 valence electrons. The molecule has 3 aromatic rings. The molecule has 6 heteroatoms. The van der Waals surface area contributed by atoms with Gasteiger partial charge < -0.3 is 4.74 Å². The van der Waals surface area contributed by atoms with Gasteiger partial charge in [-0.05, 0) is 29.2 Å². The normalized spacial score (nSPS) is 24.4. The van der Waals surface area contributed by atoms with Crippen LogP contribution in [0, 0.1) is 11.8 Å². The molecule has 0 spiro atoms. The second kappa shape index (κ2) is 8.01. The van der Waals surface area contributed by atoms with Crippen molar-refractivity contribution in [2.24, 2.45) is 11.8 Å². The minimum Gasteiger partial charge on any atom is -0.453 e. The van der Waals surface area contributed by atoms with E-state index in [1.165, 1.54) is 6.92 Å². The molecule has 1 aliphatic heterocycles. The van der Waals surface area contributed by atoms with E-state index >= 15 is 0 Å². The molecule has 3 atom stereocenters. The summed E-state index contributed by atoms with van der Waals surface area (Å²) in [7, 11) is 0. The lowest BCUT2D eigenvalue weighted by Gasteiger charge is -2.45. The van der Waals surface area contributed by atoms with Crippen molar-refractivity contribution >= 4 is 23.6 Å². The standard InChI is InChI=1S/C29H23NO5/c1-16(27(32)17-9-3-2-4-10-17)35-22(31)15-30-28(33)25-23-18-11-5-6-12-19(18)24(26(25)29(30)34)21-14-8-7-13-20(21)23/h2-14,16,23-26H,15H2,1H3/t16-,23?,24?,25+,26+/m1/s1. The predicted molar refractivity (Wildman–Crippen MR) is 127 cm³/mol. The van der Waals surface area contributed by atoms with Crippen LogP contribution in [-0.2, 0) is 19.1 Å². The summed E-state index contributed by atoms with van der Waals surface area (Å²) in [5.41, 5.74) is 4.73. The van der Waals surface area contributed by atoms with Crippen molar-refractivity contribution in [1.82, 2.24) is 4.90 Å². The van der Waals surface area contributed by atoms with E-state index in [1.807, 2.05) is 48.5 Å². The Morgan fingerprint density at radius 1 is 0.743 bits per heavy atom. The molecule has 3 aromatic carbocycles. The van der Waals surface area contributed by atoms with Crippen LogP contribution in [0.15, 0.2) is 78.9 Å². The molecule has 1 saturated heterocycles. The van der Waals surface area contributed by atoms with Gasteiger partial charge in [-0.2, -0.15) is 0 Å². The second-order valence-electron chi connectivity index (χ2n) is 9.39. The first kappa shape index (κ1) is 21.5. The Hall–Kier alpha value is -4.06. The number of nitrogens with zero attached hydrogens (tertiary/aromatic N) is 1. The summed E-state index contributed by atoms with van der Waals surface area (Å²) in [6.07, 6.45) is -1.02. The highest BCUT2D eigenvalue weighted by molar-refractivity contribution is 6.09. The van der Waals surface area contributed by atoms with Crippen molar-refractivity contribution in [3.63, 3.8) is 0 Å². The van der Waals surface area contributed by atoms with Crippen molar-refractivity contribution in [3.8, 4) is 0 Å². The first-order valence-electron chi connectivity index (χ1n) is 11.8. The summed E-state index contributed by atoms with van der Waals surface area (Å²) in [4.78, 5) is 53.5. The molecular weight excluding hydrogens is 442 g/mol. The number of imide groups is 1. The largest absolute Gasteiger partial charge is 0.453 e. The maximum atomic E-state index is 13.6. The number of benzene rings is 3. The molecule has 6 nitrogen and oxygen atoms in total. The van der Waals surface area contributed by atoms with Crippen LogP contribution < -0.4 is 0 Å². The number of likely N-dealkylation sites (tertiary alicyclic amines) is 1.